The second kappa shape index (κ2) is 7.75. The fraction of sp³-hybridized carbons (Fsp3) is 0.188. The Bertz CT molecular complexity index is 878. The number of imide groups is 1. The van der Waals surface area contributed by atoms with Crippen LogP contribution < -0.4 is 10.0 Å². The van der Waals surface area contributed by atoms with E-state index in [4.69, 9.17) is 0 Å². The molecule has 0 fully saturated rings. The summed E-state index contributed by atoms with van der Waals surface area (Å²) in [6.45, 7) is 1.74. The van der Waals surface area contributed by atoms with Crippen molar-refractivity contribution >= 4 is 21.8 Å². The van der Waals surface area contributed by atoms with Crippen molar-refractivity contribution in [3.8, 4) is 0 Å². The van der Waals surface area contributed by atoms with Crippen LogP contribution in [0.1, 0.15) is 22.8 Å². The van der Waals surface area contributed by atoms with Crippen LogP contribution in [0.5, 0.6) is 0 Å². The molecule has 25 heavy (non-hydrogen) atoms. The van der Waals surface area contributed by atoms with Crippen molar-refractivity contribution in [1.29, 1.82) is 0 Å². The summed E-state index contributed by atoms with van der Waals surface area (Å²) in [5.74, 6) is -1.05. The Morgan fingerprint density at radius 1 is 1.16 bits per heavy atom. The number of nitrogens with one attached hydrogen (secondary N) is 1. The molecule has 2 aromatic rings. The minimum Gasteiger partial charge on any atom is -0.618 e. The summed E-state index contributed by atoms with van der Waals surface area (Å²) < 4.78 is 29.5. The number of nitrogens with zero attached hydrogens (tertiary/aromatic N) is 1. The maximum atomic E-state index is 12.3. The standard InChI is InChI=1S/C16H16N2O6S/c1-2-24-16(20)17-15(19)13-8-6-12(7-9-13)11-25(22,23)14-5-3-4-10-18(14)21/h3-10H,2,11H2,1H3,(H,17,19,20). The Hall–Kier alpha value is -2.94. The van der Waals surface area contributed by atoms with Crippen molar-refractivity contribution in [2.45, 2.75) is 17.7 Å². The zero-order valence-electron chi connectivity index (χ0n) is 13.3. The molecule has 0 aliphatic carbocycles. The normalized spacial score (nSPS) is 10.9. The molecule has 1 N–H and O–H groups in total. The van der Waals surface area contributed by atoms with E-state index in [0.717, 1.165) is 6.20 Å². The molecule has 0 saturated heterocycles. The number of ether oxygens (including phenoxy) is 1. The van der Waals surface area contributed by atoms with E-state index in [1.165, 1.54) is 42.5 Å². The Labute approximate surface area is 144 Å². The number of pyridine rings is 1. The number of sulfone groups is 1. The number of alkyl carbamates (subject to hydrolysis) is 1. The molecule has 0 unspecified atom stereocenters. The quantitative estimate of drug-likeness (QED) is 0.629. The number of aromatic nitrogens is 1. The summed E-state index contributed by atoms with van der Waals surface area (Å²) >= 11 is 0. The van der Waals surface area contributed by atoms with Crippen LogP contribution in [0.25, 0.3) is 0 Å². The van der Waals surface area contributed by atoms with E-state index in [1.54, 1.807) is 6.92 Å². The zero-order valence-corrected chi connectivity index (χ0v) is 14.2. The van der Waals surface area contributed by atoms with Crippen LogP contribution in [-0.2, 0) is 20.3 Å². The predicted octanol–water partition coefficient (Wildman–Crippen LogP) is 1.18. The Morgan fingerprint density at radius 3 is 2.44 bits per heavy atom. The van der Waals surface area contributed by atoms with E-state index in [0.29, 0.717) is 5.56 Å². The SMILES string of the molecule is CCOC(=O)NC(=O)c1ccc(CS(=O)(=O)c2cccc[n+]2[O-])cc1. The molecule has 1 aromatic heterocycles. The van der Waals surface area contributed by atoms with E-state index in [2.05, 4.69) is 4.74 Å². The maximum Gasteiger partial charge on any atom is 0.414 e. The largest absolute Gasteiger partial charge is 0.618 e. The topological polar surface area (TPSA) is 116 Å². The molecule has 0 saturated carbocycles. The van der Waals surface area contributed by atoms with Crippen LogP contribution in [-0.4, -0.2) is 27.0 Å². The first-order chi connectivity index (χ1) is 11.8. The lowest BCUT2D eigenvalue weighted by molar-refractivity contribution is -0.646. The summed E-state index contributed by atoms with van der Waals surface area (Å²) in [4.78, 5) is 23.0. The van der Waals surface area contributed by atoms with Gasteiger partial charge in [-0.25, -0.2) is 13.2 Å². The molecule has 1 heterocycles. The Morgan fingerprint density at radius 2 is 1.84 bits per heavy atom. The van der Waals surface area contributed by atoms with Crippen LogP contribution in [0.3, 0.4) is 0 Å². The highest BCUT2D eigenvalue weighted by Gasteiger charge is 2.23. The fourth-order valence-electron chi connectivity index (χ4n) is 2.03. The number of rotatable bonds is 5. The Balaban J connectivity index is 2.11. The molecule has 0 aliphatic rings. The van der Waals surface area contributed by atoms with Crippen molar-refractivity contribution in [3.63, 3.8) is 0 Å². The van der Waals surface area contributed by atoms with Gasteiger partial charge in [-0.15, -0.1) is 0 Å². The van der Waals surface area contributed by atoms with Gasteiger partial charge >= 0.3 is 11.1 Å². The molecule has 9 heteroatoms. The summed E-state index contributed by atoms with van der Waals surface area (Å²) in [5, 5.41) is 13.3. The van der Waals surface area contributed by atoms with Crippen LogP contribution in [0, 0.1) is 5.21 Å². The van der Waals surface area contributed by atoms with Crippen molar-refractivity contribution in [1.82, 2.24) is 5.32 Å². The van der Waals surface area contributed by atoms with Crippen LogP contribution in [0.4, 0.5) is 4.79 Å². The van der Waals surface area contributed by atoms with E-state index in [9.17, 15) is 23.2 Å². The first-order valence-electron chi connectivity index (χ1n) is 7.31. The third-order valence-corrected chi connectivity index (χ3v) is 4.84. The van der Waals surface area contributed by atoms with E-state index >= 15 is 0 Å². The van der Waals surface area contributed by atoms with Gasteiger partial charge in [0.1, 0.15) is 0 Å². The fourth-order valence-corrected chi connectivity index (χ4v) is 3.43. The number of carbonyl (C=O) groups is 2. The molecule has 8 nitrogen and oxygen atoms in total. The first-order valence-corrected chi connectivity index (χ1v) is 8.96. The lowest BCUT2D eigenvalue weighted by atomic mass is 10.1. The van der Waals surface area contributed by atoms with Gasteiger partial charge in [-0.05, 0) is 30.7 Å². The minimum absolute atomic E-state index is 0.134. The summed E-state index contributed by atoms with van der Waals surface area (Å²) in [6, 6.07) is 9.77. The second-order valence-corrected chi connectivity index (χ2v) is 6.93. The van der Waals surface area contributed by atoms with Gasteiger partial charge in [-0.2, -0.15) is 4.73 Å². The smallest absolute Gasteiger partial charge is 0.414 e. The van der Waals surface area contributed by atoms with Gasteiger partial charge in [-0.3, -0.25) is 10.1 Å². The molecule has 132 valence electrons. The van der Waals surface area contributed by atoms with Crippen LogP contribution in [0.15, 0.2) is 53.7 Å². The van der Waals surface area contributed by atoms with Gasteiger partial charge in [0, 0.05) is 17.7 Å². The number of carbonyl (C=O) groups excluding carboxylic acids is 2. The number of hydrogen-bond acceptors (Lipinski definition) is 6. The van der Waals surface area contributed by atoms with Gasteiger partial charge in [0.2, 0.25) is 9.84 Å². The van der Waals surface area contributed by atoms with E-state index < -0.39 is 21.8 Å². The summed E-state index contributed by atoms with van der Waals surface area (Å²) in [7, 11) is -3.83. The molecule has 2 rings (SSSR count). The number of hydrogen-bond donors (Lipinski definition) is 1. The van der Waals surface area contributed by atoms with Crippen LogP contribution >= 0.6 is 0 Å². The molecule has 0 atom stereocenters. The zero-order chi connectivity index (χ0) is 18.4. The van der Waals surface area contributed by atoms with Crippen molar-refractivity contribution in [2.75, 3.05) is 6.61 Å². The molecule has 1 aromatic carbocycles. The van der Waals surface area contributed by atoms with Gasteiger partial charge in [0.25, 0.3) is 5.91 Å². The van der Waals surface area contributed by atoms with Gasteiger partial charge in [-0.1, -0.05) is 12.1 Å². The molecule has 0 radical (unpaired) electrons. The second-order valence-electron chi connectivity index (χ2n) is 5.00. The highest BCUT2D eigenvalue weighted by Crippen LogP contribution is 2.14. The third kappa shape index (κ3) is 4.77. The molecule has 0 bridgehead atoms. The number of amides is 2. The van der Waals surface area contributed by atoms with Gasteiger partial charge in [0.05, 0.1) is 12.4 Å². The lowest BCUT2D eigenvalue weighted by Gasteiger charge is -2.07. The molecular formula is C16H16N2O6S. The lowest BCUT2D eigenvalue weighted by Crippen LogP contribution is -2.33. The predicted molar refractivity (Wildman–Crippen MR) is 87.2 cm³/mol. The number of benzene rings is 1. The molecule has 2 amide bonds. The summed E-state index contributed by atoms with van der Waals surface area (Å²) in [5.41, 5.74) is 0.573. The molecule has 0 aliphatic heterocycles. The van der Waals surface area contributed by atoms with Crippen molar-refractivity contribution in [2.24, 2.45) is 0 Å². The van der Waals surface area contributed by atoms with E-state index in [-0.39, 0.29) is 27.7 Å². The monoisotopic (exact) mass is 364 g/mol. The molecule has 0 spiro atoms. The van der Waals surface area contributed by atoms with Crippen molar-refractivity contribution in [3.05, 3.63) is 65.0 Å². The van der Waals surface area contributed by atoms with Gasteiger partial charge in [0.15, 0.2) is 6.20 Å². The summed E-state index contributed by atoms with van der Waals surface area (Å²) in [6.07, 6.45) is 0.249. The third-order valence-electron chi connectivity index (χ3n) is 3.17. The highest BCUT2D eigenvalue weighted by molar-refractivity contribution is 7.90. The van der Waals surface area contributed by atoms with Crippen molar-refractivity contribution < 1.29 is 27.5 Å². The average Bonchev–Trinajstić information content (AvgIpc) is 2.55. The minimum atomic E-state index is -3.83. The average molecular weight is 364 g/mol. The highest BCUT2D eigenvalue weighted by atomic mass is 32.2. The molecular weight excluding hydrogens is 348 g/mol. The first kappa shape index (κ1) is 18.4. The Kier molecular flexibility index (Phi) is 5.71. The van der Waals surface area contributed by atoms with Gasteiger partial charge < -0.3 is 9.94 Å². The van der Waals surface area contributed by atoms with E-state index in [1.807, 2.05) is 5.32 Å². The van der Waals surface area contributed by atoms with Crippen LogP contribution in [0.2, 0.25) is 0 Å². The maximum absolute atomic E-state index is 12.3.